The van der Waals surface area contributed by atoms with Gasteiger partial charge in [0.25, 0.3) is 0 Å². The van der Waals surface area contributed by atoms with Crippen LogP contribution in [0.2, 0.25) is 0 Å². The molecule has 0 unspecified atom stereocenters. The van der Waals surface area contributed by atoms with Gasteiger partial charge in [0.1, 0.15) is 17.9 Å². The van der Waals surface area contributed by atoms with Crippen molar-refractivity contribution >= 4 is 17.7 Å². The molecule has 1 atom stereocenters. The molecule has 1 aromatic rings. The van der Waals surface area contributed by atoms with Crippen LogP contribution in [0.5, 0.6) is 0 Å². The zero-order valence-electron chi connectivity index (χ0n) is 16.3. The molecular weight excluding hydrogens is 358 g/mol. The minimum atomic E-state index is -0.441. The topological polar surface area (TPSA) is 89.8 Å². The number of nitrogens with zero attached hydrogens (tertiary/aromatic N) is 5. The molecule has 2 fully saturated rings. The molecule has 0 aliphatic carbocycles. The number of anilines is 1. The first-order chi connectivity index (χ1) is 13.6. The maximum Gasteiger partial charge on any atom is 0.328 e. The third kappa shape index (κ3) is 4.78. The normalized spacial score (nSPS) is 19.6. The van der Waals surface area contributed by atoms with Gasteiger partial charge in [0, 0.05) is 25.8 Å². The van der Waals surface area contributed by atoms with Gasteiger partial charge in [-0.25, -0.2) is 9.78 Å². The fourth-order valence-corrected chi connectivity index (χ4v) is 3.61. The van der Waals surface area contributed by atoms with E-state index in [1.807, 2.05) is 13.0 Å². The van der Waals surface area contributed by atoms with Crippen LogP contribution >= 0.6 is 0 Å². The van der Waals surface area contributed by atoms with Gasteiger partial charge in [-0.05, 0) is 31.4 Å². The number of hydrogen-bond acceptors (Lipinski definition) is 7. The molecule has 2 aliphatic heterocycles. The number of esters is 1. The molecule has 2 aliphatic rings. The van der Waals surface area contributed by atoms with Gasteiger partial charge in [-0.3, -0.25) is 9.69 Å². The minimum Gasteiger partial charge on any atom is -0.464 e. The zero-order chi connectivity index (χ0) is 19.9. The van der Waals surface area contributed by atoms with Crippen molar-refractivity contribution in [3.63, 3.8) is 0 Å². The van der Waals surface area contributed by atoms with Crippen molar-refractivity contribution in [2.75, 3.05) is 44.4 Å². The van der Waals surface area contributed by atoms with Gasteiger partial charge in [-0.15, -0.1) is 0 Å². The smallest absolute Gasteiger partial charge is 0.328 e. The average molecular weight is 385 g/mol. The van der Waals surface area contributed by atoms with Gasteiger partial charge in [-0.1, -0.05) is 13.3 Å². The highest BCUT2D eigenvalue weighted by atomic mass is 16.5. The highest BCUT2D eigenvalue weighted by molar-refractivity contribution is 5.86. The fraction of sp³-hybridized carbons (Fsp3) is 0.600. The minimum absolute atomic E-state index is 0.0235. The van der Waals surface area contributed by atoms with Crippen LogP contribution in [0.1, 0.15) is 38.2 Å². The number of ether oxygens (including phenoxy) is 1. The van der Waals surface area contributed by atoms with Crippen molar-refractivity contribution < 1.29 is 14.3 Å². The van der Waals surface area contributed by atoms with E-state index in [2.05, 4.69) is 20.9 Å². The van der Waals surface area contributed by atoms with Crippen molar-refractivity contribution in [1.82, 2.24) is 14.8 Å². The van der Waals surface area contributed by atoms with Gasteiger partial charge < -0.3 is 14.5 Å². The van der Waals surface area contributed by atoms with Crippen molar-refractivity contribution in [3.05, 3.63) is 23.9 Å². The lowest BCUT2D eigenvalue weighted by atomic mass is 10.2. The Labute approximate surface area is 165 Å². The Morgan fingerprint density at radius 3 is 2.89 bits per heavy atom. The number of pyridine rings is 1. The quantitative estimate of drug-likeness (QED) is 0.517. The van der Waals surface area contributed by atoms with Crippen LogP contribution in [-0.4, -0.2) is 72.2 Å². The number of hydrogen-bond donors (Lipinski definition) is 0. The predicted octanol–water partition coefficient (Wildman–Crippen LogP) is 1.37. The van der Waals surface area contributed by atoms with Crippen LogP contribution < -0.4 is 4.90 Å². The first-order valence-electron chi connectivity index (χ1n) is 9.92. The Balaban J connectivity index is 1.51. The van der Waals surface area contributed by atoms with E-state index in [0.717, 1.165) is 38.2 Å². The largest absolute Gasteiger partial charge is 0.464 e. The summed E-state index contributed by atoms with van der Waals surface area (Å²) in [5, 5.41) is 8.87. The van der Waals surface area contributed by atoms with E-state index in [0.29, 0.717) is 31.8 Å². The van der Waals surface area contributed by atoms with E-state index in [9.17, 15) is 9.59 Å². The second kappa shape index (κ2) is 9.51. The zero-order valence-corrected chi connectivity index (χ0v) is 16.3. The van der Waals surface area contributed by atoms with E-state index in [1.54, 1.807) is 17.2 Å². The monoisotopic (exact) mass is 385 g/mol. The number of nitriles is 1. The molecule has 2 saturated heterocycles. The van der Waals surface area contributed by atoms with Gasteiger partial charge in [0.15, 0.2) is 0 Å². The summed E-state index contributed by atoms with van der Waals surface area (Å²) >= 11 is 0. The highest BCUT2D eigenvalue weighted by Crippen LogP contribution is 2.21. The lowest BCUT2D eigenvalue weighted by Gasteiger charge is -2.26. The molecular formula is C20H27N5O3. The van der Waals surface area contributed by atoms with Gasteiger partial charge in [0.05, 0.1) is 25.4 Å². The Bertz CT molecular complexity index is 730. The number of amides is 1. The molecule has 0 aromatic carbocycles. The third-order valence-corrected chi connectivity index (χ3v) is 5.20. The van der Waals surface area contributed by atoms with Crippen LogP contribution in [0.15, 0.2) is 18.3 Å². The Kier molecular flexibility index (Phi) is 6.82. The first kappa shape index (κ1) is 20.1. The number of likely N-dealkylation sites (tertiary alicyclic amines) is 1. The van der Waals surface area contributed by atoms with E-state index in [4.69, 9.17) is 10.00 Å². The summed E-state index contributed by atoms with van der Waals surface area (Å²) in [6.07, 6.45) is 4.89. The Morgan fingerprint density at radius 1 is 1.32 bits per heavy atom. The molecule has 8 nitrogen and oxygen atoms in total. The van der Waals surface area contributed by atoms with Crippen LogP contribution in [-0.2, 0) is 14.3 Å². The summed E-state index contributed by atoms with van der Waals surface area (Å²) in [5.41, 5.74) is 0.529. The van der Waals surface area contributed by atoms with Crippen LogP contribution in [0, 0.1) is 11.3 Å². The predicted molar refractivity (Wildman–Crippen MR) is 103 cm³/mol. The molecule has 0 radical (unpaired) electrons. The van der Waals surface area contributed by atoms with Gasteiger partial charge >= 0.3 is 5.97 Å². The van der Waals surface area contributed by atoms with E-state index >= 15 is 0 Å². The number of unbranched alkanes of at least 4 members (excludes halogenated alkanes) is 1. The molecule has 3 rings (SSSR count). The highest BCUT2D eigenvalue weighted by Gasteiger charge is 2.36. The molecule has 150 valence electrons. The first-order valence-corrected chi connectivity index (χ1v) is 9.92. The summed E-state index contributed by atoms with van der Waals surface area (Å²) < 4.78 is 5.32. The Hall–Kier alpha value is -2.66. The van der Waals surface area contributed by atoms with Gasteiger partial charge in [-0.2, -0.15) is 5.26 Å². The van der Waals surface area contributed by atoms with Crippen molar-refractivity contribution in [1.29, 1.82) is 5.26 Å². The number of carbonyl (C=O) groups excluding carboxylic acids is 2. The average Bonchev–Trinajstić information content (AvgIpc) is 3.38. The summed E-state index contributed by atoms with van der Waals surface area (Å²) in [5.74, 6) is 0.501. The molecule has 0 N–H and O–H groups in total. The van der Waals surface area contributed by atoms with Crippen molar-refractivity contribution in [2.45, 2.75) is 38.6 Å². The number of rotatable bonds is 7. The van der Waals surface area contributed by atoms with E-state index < -0.39 is 6.04 Å². The van der Waals surface area contributed by atoms with E-state index in [1.165, 1.54) is 0 Å². The summed E-state index contributed by atoms with van der Waals surface area (Å²) in [6, 6.07) is 5.19. The summed E-state index contributed by atoms with van der Waals surface area (Å²) in [4.78, 5) is 35.2. The number of aromatic nitrogens is 1. The van der Waals surface area contributed by atoms with Crippen LogP contribution in [0.3, 0.4) is 0 Å². The lowest BCUT2D eigenvalue weighted by molar-refractivity contribution is -0.153. The fourth-order valence-electron chi connectivity index (χ4n) is 3.61. The molecule has 8 heteroatoms. The maximum atomic E-state index is 12.8. The Morgan fingerprint density at radius 2 is 2.18 bits per heavy atom. The van der Waals surface area contributed by atoms with Crippen LogP contribution in [0.4, 0.5) is 5.82 Å². The van der Waals surface area contributed by atoms with Crippen molar-refractivity contribution in [3.8, 4) is 6.07 Å². The third-order valence-electron chi connectivity index (χ3n) is 5.20. The molecule has 1 amide bonds. The molecule has 28 heavy (non-hydrogen) atoms. The van der Waals surface area contributed by atoms with Crippen LogP contribution in [0.25, 0.3) is 0 Å². The molecule has 3 heterocycles. The second-order valence-electron chi connectivity index (χ2n) is 7.24. The molecule has 0 saturated carbocycles. The molecule has 1 aromatic heterocycles. The summed E-state index contributed by atoms with van der Waals surface area (Å²) in [6.45, 7) is 5.50. The SMILES string of the molecule is CCCCOC(=O)[C@@H]1CCCN1C(=O)CN1CCN(c2ccc(C#N)cn2)C1. The lowest BCUT2D eigenvalue weighted by Crippen LogP contribution is -2.46. The van der Waals surface area contributed by atoms with Gasteiger partial charge in [0.2, 0.25) is 5.91 Å². The molecule has 0 spiro atoms. The second-order valence-corrected chi connectivity index (χ2v) is 7.24. The standard InChI is InChI=1S/C20H27N5O3/c1-2-3-11-28-20(27)17-5-4-8-25(17)19(26)14-23-9-10-24(15-23)18-7-6-16(12-21)13-22-18/h6-7,13,17H,2-5,8-11,14-15H2,1H3/t17-/m0/s1. The maximum absolute atomic E-state index is 12.8. The molecule has 0 bridgehead atoms. The number of carbonyl (C=O) groups is 2. The van der Waals surface area contributed by atoms with E-state index in [-0.39, 0.29) is 18.4 Å². The summed E-state index contributed by atoms with van der Waals surface area (Å²) in [7, 11) is 0. The van der Waals surface area contributed by atoms with Crippen molar-refractivity contribution in [2.24, 2.45) is 0 Å².